The fourth-order valence-corrected chi connectivity index (χ4v) is 9.10. The van der Waals surface area contributed by atoms with E-state index in [1.807, 2.05) is 24.3 Å². The lowest BCUT2D eigenvalue weighted by molar-refractivity contribution is -0.128. The highest BCUT2D eigenvalue weighted by Crippen LogP contribution is 2.58. The number of aromatic nitrogens is 2. The van der Waals surface area contributed by atoms with Crippen LogP contribution in [-0.4, -0.2) is 83.4 Å². The van der Waals surface area contributed by atoms with Gasteiger partial charge >= 0.3 is 6.09 Å². The smallest absolute Gasteiger partial charge is 0.409 e. The number of nitrogens with zero attached hydrogens (tertiary/aromatic N) is 3. The lowest BCUT2D eigenvalue weighted by atomic mass is 9.66. The van der Waals surface area contributed by atoms with E-state index in [9.17, 15) is 19.2 Å². The summed E-state index contributed by atoms with van der Waals surface area (Å²) in [4.78, 5) is 56.4. The van der Waals surface area contributed by atoms with Crippen molar-refractivity contribution >= 4 is 29.5 Å². The highest BCUT2D eigenvalue weighted by atomic mass is 16.5. The fraction of sp³-hybridized carbons (Fsp3) is 0.658. The molecule has 270 valence electrons. The molecule has 12 nitrogen and oxygen atoms in total. The van der Waals surface area contributed by atoms with Crippen LogP contribution in [0.3, 0.4) is 0 Å². The third-order valence-corrected chi connectivity index (χ3v) is 12.8. The number of likely N-dealkylation sites (tertiary alicyclic amines) is 1. The standard InChI is InChI=1S/C38H53N7O5/c1-37(17-18-37)30(24-7-4-8-24)32(42-33(46)29-16-21-40-44(29)2)34(47)41-27-14-12-26(13-15-27)38(19-22-45(23-38)36(49)50-3)35(48)43-31(25-9-5-10-25)28-11-6-20-39-28/h12-16,21,24-25,28,30-32,39H,4-11,17-20,22-23H2,1-3H3,(H,41,47)(H,42,46)(H,43,48). The number of hydrogen-bond donors (Lipinski definition) is 4. The minimum absolute atomic E-state index is 0.00970. The molecule has 3 saturated carbocycles. The first-order chi connectivity index (χ1) is 24.1. The molecule has 0 spiro atoms. The summed E-state index contributed by atoms with van der Waals surface area (Å²) in [5.41, 5.74) is 0.852. The Hall–Kier alpha value is -3.93. The molecule has 0 radical (unpaired) electrons. The van der Waals surface area contributed by atoms with Crippen molar-refractivity contribution in [2.24, 2.45) is 30.2 Å². The van der Waals surface area contributed by atoms with Crippen LogP contribution in [0.5, 0.6) is 0 Å². The van der Waals surface area contributed by atoms with Crippen LogP contribution in [0.25, 0.3) is 0 Å². The summed E-state index contributed by atoms with van der Waals surface area (Å²) in [5.74, 6) is 0.248. The van der Waals surface area contributed by atoms with Crippen LogP contribution in [0.15, 0.2) is 36.5 Å². The summed E-state index contributed by atoms with van der Waals surface area (Å²) in [5, 5.41) is 17.5. The van der Waals surface area contributed by atoms with Gasteiger partial charge in [-0.3, -0.25) is 19.1 Å². The number of hydrogen-bond acceptors (Lipinski definition) is 7. The van der Waals surface area contributed by atoms with Gasteiger partial charge in [0.25, 0.3) is 5.91 Å². The molecule has 2 aromatic rings. The zero-order valence-electron chi connectivity index (χ0n) is 29.7. The van der Waals surface area contributed by atoms with Crippen molar-refractivity contribution in [3.8, 4) is 0 Å². The molecule has 12 heteroatoms. The van der Waals surface area contributed by atoms with Gasteiger partial charge in [0.2, 0.25) is 11.8 Å². The van der Waals surface area contributed by atoms with Gasteiger partial charge in [-0.05, 0) is 98.4 Å². The molecular formula is C38H53N7O5. The van der Waals surface area contributed by atoms with E-state index in [2.05, 4.69) is 33.3 Å². The topological polar surface area (TPSA) is 147 Å². The van der Waals surface area contributed by atoms with Gasteiger partial charge in [0.05, 0.1) is 12.5 Å². The third-order valence-electron chi connectivity index (χ3n) is 12.8. The Morgan fingerprint density at radius 3 is 2.22 bits per heavy atom. The third kappa shape index (κ3) is 6.63. The maximum absolute atomic E-state index is 14.5. The zero-order valence-corrected chi connectivity index (χ0v) is 29.7. The van der Waals surface area contributed by atoms with Crippen molar-refractivity contribution in [1.82, 2.24) is 30.6 Å². The molecule has 1 aromatic carbocycles. The van der Waals surface area contributed by atoms with E-state index < -0.39 is 17.6 Å². The number of ether oxygens (including phenoxy) is 1. The highest BCUT2D eigenvalue weighted by molar-refractivity contribution is 6.01. The quantitative estimate of drug-likeness (QED) is 0.263. The molecule has 5 aliphatic rings. The Labute approximate surface area is 294 Å². The molecule has 5 atom stereocenters. The number of carbonyl (C=O) groups excluding carboxylic acids is 4. The molecular weight excluding hydrogens is 634 g/mol. The van der Waals surface area contributed by atoms with Crippen molar-refractivity contribution in [2.75, 3.05) is 32.1 Å². The monoisotopic (exact) mass is 687 g/mol. The van der Waals surface area contributed by atoms with Gasteiger partial charge in [0, 0.05) is 44.1 Å². The summed E-state index contributed by atoms with van der Waals surface area (Å²) in [7, 11) is 3.09. The van der Waals surface area contributed by atoms with Crippen molar-refractivity contribution < 1.29 is 23.9 Å². The van der Waals surface area contributed by atoms with Gasteiger partial charge in [-0.1, -0.05) is 44.7 Å². The zero-order chi connectivity index (χ0) is 35.0. The van der Waals surface area contributed by atoms with Gasteiger partial charge in [0.15, 0.2) is 0 Å². The van der Waals surface area contributed by atoms with E-state index in [0.717, 1.165) is 69.9 Å². The van der Waals surface area contributed by atoms with Crippen LogP contribution >= 0.6 is 0 Å². The Kier molecular flexibility index (Phi) is 9.66. The summed E-state index contributed by atoms with van der Waals surface area (Å²) < 4.78 is 6.58. The predicted molar refractivity (Wildman–Crippen MR) is 188 cm³/mol. The molecule has 4 N–H and O–H groups in total. The summed E-state index contributed by atoms with van der Waals surface area (Å²) >= 11 is 0. The minimum Gasteiger partial charge on any atom is -0.453 e. The van der Waals surface area contributed by atoms with E-state index in [1.54, 1.807) is 24.2 Å². The van der Waals surface area contributed by atoms with E-state index in [0.29, 0.717) is 36.2 Å². The van der Waals surface area contributed by atoms with Gasteiger partial charge in [0.1, 0.15) is 11.7 Å². The average Bonchev–Trinajstić information content (AvgIpc) is 3.50. The maximum atomic E-state index is 14.5. The van der Waals surface area contributed by atoms with E-state index in [-0.39, 0.29) is 47.7 Å². The molecule has 0 bridgehead atoms. The van der Waals surface area contributed by atoms with E-state index in [1.165, 1.54) is 18.2 Å². The van der Waals surface area contributed by atoms with Crippen LogP contribution in [0, 0.1) is 23.2 Å². The van der Waals surface area contributed by atoms with Crippen molar-refractivity contribution in [2.45, 2.75) is 101 Å². The lowest BCUT2D eigenvalue weighted by Crippen LogP contribution is -2.58. The maximum Gasteiger partial charge on any atom is 0.409 e. The normalized spacial score (nSPS) is 26.2. The number of aryl methyl sites for hydroxylation is 1. The number of nitrogens with one attached hydrogen (secondary N) is 4. The minimum atomic E-state index is -0.952. The van der Waals surface area contributed by atoms with Gasteiger partial charge in [-0.2, -0.15) is 5.10 Å². The second-order valence-electron chi connectivity index (χ2n) is 15.8. The second kappa shape index (κ2) is 14.0. The highest BCUT2D eigenvalue weighted by Gasteiger charge is 2.54. The number of rotatable bonds is 12. The molecule has 4 amide bonds. The average molecular weight is 688 g/mol. The van der Waals surface area contributed by atoms with Gasteiger partial charge < -0.3 is 30.9 Å². The number of benzene rings is 1. The van der Waals surface area contributed by atoms with Crippen LogP contribution in [-0.2, 0) is 26.8 Å². The first-order valence-electron chi connectivity index (χ1n) is 18.7. The number of methoxy groups -OCH3 is 1. The summed E-state index contributed by atoms with van der Waals surface area (Å²) in [6, 6.07) is 8.73. The number of carbonyl (C=O) groups is 4. The lowest BCUT2D eigenvalue weighted by Gasteiger charge is -2.42. The molecule has 5 fully saturated rings. The van der Waals surface area contributed by atoms with E-state index >= 15 is 0 Å². The Bertz CT molecular complexity index is 1570. The van der Waals surface area contributed by atoms with Gasteiger partial charge in [-0.15, -0.1) is 0 Å². The summed E-state index contributed by atoms with van der Waals surface area (Å²) in [6.45, 7) is 3.83. The molecule has 1 aromatic heterocycles. The Morgan fingerprint density at radius 1 is 0.940 bits per heavy atom. The predicted octanol–water partition coefficient (Wildman–Crippen LogP) is 4.12. The number of amides is 4. The van der Waals surface area contributed by atoms with Crippen molar-refractivity contribution in [3.05, 3.63) is 47.8 Å². The van der Waals surface area contributed by atoms with Crippen molar-refractivity contribution in [3.63, 3.8) is 0 Å². The Balaban J connectivity index is 1.13. The molecule has 50 heavy (non-hydrogen) atoms. The fourth-order valence-electron chi connectivity index (χ4n) is 9.10. The summed E-state index contributed by atoms with van der Waals surface area (Å²) in [6.07, 6.45) is 12.5. The first-order valence-corrected chi connectivity index (χ1v) is 18.7. The van der Waals surface area contributed by atoms with Crippen molar-refractivity contribution in [1.29, 1.82) is 0 Å². The van der Waals surface area contributed by atoms with Crippen LogP contribution in [0.4, 0.5) is 10.5 Å². The first kappa shape index (κ1) is 34.5. The molecule has 2 saturated heterocycles. The number of anilines is 1. The molecule has 3 aliphatic carbocycles. The molecule has 7 rings (SSSR count). The van der Waals surface area contributed by atoms with E-state index in [4.69, 9.17) is 4.74 Å². The van der Waals surface area contributed by atoms with Crippen LogP contribution in [0.1, 0.15) is 93.6 Å². The molecule has 3 heterocycles. The molecule has 2 aliphatic heterocycles. The second-order valence-corrected chi connectivity index (χ2v) is 15.8. The largest absolute Gasteiger partial charge is 0.453 e. The Morgan fingerprint density at radius 2 is 1.66 bits per heavy atom. The van der Waals surface area contributed by atoms with Crippen LogP contribution < -0.4 is 21.3 Å². The molecule has 5 unspecified atom stereocenters. The van der Waals surface area contributed by atoms with Gasteiger partial charge in [-0.25, -0.2) is 4.79 Å². The van der Waals surface area contributed by atoms with Crippen LogP contribution in [0.2, 0.25) is 0 Å². The SMILES string of the molecule is COC(=O)N1CCC(C(=O)NC(C2CCC2)C2CCCN2)(c2ccc(NC(=O)C(NC(=O)c3ccnn3C)C(C3CCC3)C3(C)CC3)cc2)C1.